The molecule has 0 saturated carbocycles. The third kappa shape index (κ3) is 5.71. The van der Waals surface area contributed by atoms with Gasteiger partial charge in [0, 0.05) is 35.5 Å². The maximum Gasteiger partial charge on any atom is 0.243 e. The van der Waals surface area contributed by atoms with Gasteiger partial charge in [0.15, 0.2) is 0 Å². The topological polar surface area (TPSA) is 125 Å². The zero-order chi connectivity index (χ0) is 22.9. The van der Waals surface area contributed by atoms with Gasteiger partial charge in [-0.05, 0) is 37.1 Å². The molecule has 0 aliphatic rings. The van der Waals surface area contributed by atoms with E-state index in [4.69, 9.17) is 16.4 Å². The molecule has 9 nitrogen and oxygen atoms in total. The monoisotopic (exact) mass is 433 g/mol. The maximum atomic E-state index is 12.4. The molecule has 0 aliphatic heterocycles. The van der Waals surface area contributed by atoms with Crippen LogP contribution in [0.2, 0.25) is 0 Å². The van der Waals surface area contributed by atoms with Crippen molar-refractivity contribution in [2.45, 2.75) is 25.7 Å². The summed E-state index contributed by atoms with van der Waals surface area (Å²) in [5.41, 5.74) is 4.20. The first kappa shape index (κ1) is 22.5. The van der Waals surface area contributed by atoms with Crippen LogP contribution in [0.3, 0.4) is 0 Å². The minimum absolute atomic E-state index is 0.149. The van der Waals surface area contributed by atoms with E-state index in [0.29, 0.717) is 41.0 Å². The lowest BCUT2D eigenvalue weighted by Crippen LogP contribution is -2.18. The summed E-state index contributed by atoms with van der Waals surface area (Å²) in [4.78, 5) is 32.1. The van der Waals surface area contributed by atoms with Crippen LogP contribution in [0, 0.1) is 12.3 Å². The number of nitrogens with one attached hydrogen (secondary N) is 3. The summed E-state index contributed by atoms with van der Waals surface area (Å²) in [6, 6.07) is 10.9. The number of benzene rings is 2. The van der Waals surface area contributed by atoms with E-state index < -0.39 is 5.91 Å². The minimum atomic E-state index is -0.477. The zero-order valence-electron chi connectivity index (χ0n) is 17.5. The molecular weight excluding hydrogens is 410 g/mol. The van der Waals surface area contributed by atoms with Gasteiger partial charge in [0.1, 0.15) is 17.9 Å². The summed E-state index contributed by atoms with van der Waals surface area (Å²) in [6.07, 6.45) is 8.26. The highest BCUT2D eigenvalue weighted by Gasteiger charge is 2.13. The Kier molecular flexibility index (Phi) is 7.56. The Morgan fingerprint density at radius 3 is 2.62 bits per heavy atom. The quantitative estimate of drug-likeness (QED) is 0.176. The molecule has 1 aromatic heterocycles. The molecule has 32 heavy (non-hydrogen) atoms. The highest BCUT2D eigenvalue weighted by molar-refractivity contribution is 5.99. The first-order valence-corrected chi connectivity index (χ1v) is 9.93. The first-order chi connectivity index (χ1) is 15.5. The second kappa shape index (κ2) is 10.7. The van der Waals surface area contributed by atoms with Crippen molar-refractivity contribution in [2.24, 2.45) is 0 Å². The Morgan fingerprint density at radius 2 is 1.91 bits per heavy atom. The molecule has 3 rings (SSSR count). The molecule has 164 valence electrons. The van der Waals surface area contributed by atoms with Gasteiger partial charge < -0.3 is 15.4 Å². The van der Waals surface area contributed by atoms with E-state index in [1.807, 2.05) is 24.3 Å². The molecule has 9 heteroatoms. The summed E-state index contributed by atoms with van der Waals surface area (Å²) in [6.45, 7) is 0. The number of methoxy groups -OCH3 is 1. The number of aromatic nitrogens is 2. The van der Waals surface area contributed by atoms with Gasteiger partial charge in [-0.2, -0.15) is 0 Å². The van der Waals surface area contributed by atoms with E-state index in [2.05, 4.69) is 26.5 Å². The third-order valence-electron chi connectivity index (χ3n) is 4.71. The number of rotatable bonds is 9. The number of unbranched alkanes of at least 4 members (excludes halogenated alkanes) is 1. The summed E-state index contributed by atoms with van der Waals surface area (Å²) in [5, 5.41) is 15.3. The summed E-state index contributed by atoms with van der Waals surface area (Å²) >= 11 is 0. The number of carbonyl (C=O) groups excluding carboxylic acids is 2. The fourth-order valence-corrected chi connectivity index (χ4v) is 3.11. The molecule has 0 bridgehead atoms. The van der Waals surface area contributed by atoms with Crippen molar-refractivity contribution in [2.75, 3.05) is 17.7 Å². The molecule has 4 N–H and O–H groups in total. The van der Waals surface area contributed by atoms with Crippen LogP contribution in [-0.4, -0.2) is 34.1 Å². The van der Waals surface area contributed by atoms with Gasteiger partial charge in [-0.3, -0.25) is 14.8 Å². The van der Waals surface area contributed by atoms with Gasteiger partial charge in [0.25, 0.3) is 0 Å². The lowest BCUT2D eigenvalue weighted by Gasteiger charge is -2.14. The summed E-state index contributed by atoms with van der Waals surface area (Å²) < 4.78 is 5.42. The van der Waals surface area contributed by atoms with Crippen LogP contribution in [0.4, 0.5) is 17.2 Å². The van der Waals surface area contributed by atoms with Crippen LogP contribution < -0.4 is 20.9 Å². The van der Waals surface area contributed by atoms with Gasteiger partial charge in [0.2, 0.25) is 11.8 Å². The molecular formula is C23H23N5O4. The predicted molar refractivity (Wildman–Crippen MR) is 121 cm³/mol. The van der Waals surface area contributed by atoms with Crippen molar-refractivity contribution in [1.82, 2.24) is 15.4 Å². The maximum absolute atomic E-state index is 12.4. The number of nitrogens with zero attached hydrogens (tertiary/aromatic N) is 2. The number of anilines is 3. The highest BCUT2D eigenvalue weighted by Crippen LogP contribution is 2.33. The van der Waals surface area contributed by atoms with E-state index >= 15 is 0 Å². The van der Waals surface area contributed by atoms with Gasteiger partial charge in [-0.1, -0.05) is 12.0 Å². The Morgan fingerprint density at radius 1 is 1.12 bits per heavy atom. The molecule has 3 aromatic rings. The molecule has 0 spiro atoms. The third-order valence-corrected chi connectivity index (χ3v) is 4.71. The van der Waals surface area contributed by atoms with Gasteiger partial charge in [-0.25, -0.2) is 15.4 Å². The van der Waals surface area contributed by atoms with E-state index in [-0.39, 0.29) is 18.7 Å². The van der Waals surface area contributed by atoms with Crippen LogP contribution in [0.15, 0.2) is 42.7 Å². The highest BCUT2D eigenvalue weighted by atomic mass is 16.5. The summed E-state index contributed by atoms with van der Waals surface area (Å²) in [7, 11) is 1.51. The van der Waals surface area contributed by atoms with Crippen molar-refractivity contribution < 1.29 is 19.5 Å². The van der Waals surface area contributed by atoms with Gasteiger partial charge in [0.05, 0.1) is 18.3 Å². The summed E-state index contributed by atoms with van der Waals surface area (Å²) in [5.74, 6) is 2.91. The Balaban J connectivity index is 1.80. The molecule has 1 heterocycles. The largest absolute Gasteiger partial charge is 0.494 e. The average molecular weight is 433 g/mol. The fourth-order valence-electron chi connectivity index (χ4n) is 3.11. The number of ether oxygens (including phenoxy) is 1. The standard InChI is InChI=1S/C23H23N5O4/c1-3-15-7-6-8-16(11-15)26-23-17-12-19(20(32-2)13-18(17)24-14-25-23)27-21(29)9-4-5-10-22(30)28-31/h1,6-8,11-14,31H,4-5,9-10H2,2H3,(H,27,29)(H,28,30)(H,24,25,26). The fraction of sp³-hybridized carbons (Fsp3) is 0.217. The van der Waals surface area contributed by atoms with E-state index in [9.17, 15) is 9.59 Å². The zero-order valence-corrected chi connectivity index (χ0v) is 17.5. The lowest BCUT2D eigenvalue weighted by molar-refractivity contribution is -0.129. The van der Waals surface area contributed by atoms with E-state index in [1.54, 1.807) is 17.6 Å². The molecule has 0 fully saturated rings. The molecule has 2 aromatic carbocycles. The molecule has 0 radical (unpaired) electrons. The van der Waals surface area contributed by atoms with Crippen molar-refractivity contribution in [1.29, 1.82) is 0 Å². The number of hydroxylamine groups is 1. The predicted octanol–water partition coefficient (Wildman–Crippen LogP) is 3.37. The smallest absolute Gasteiger partial charge is 0.243 e. The molecule has 2 amide bonds. The normalized spacial score (nSPS) is 10.3. The minimum Gasteiger partial charge on any atom is -0.494 e. The number of hydrogen-bond acceptors (Lipinski definition) is 7. The second-order valence-electron chi connectivity index (χ2n) is 6.93. The van der Waals surface area contributed by atoms with Crippen molar-refractivity contribution >= 4 is 39.9 Å². The Labute approximate surface area is 185 Å². The number of terminal acetylenes is 1. The number of amides is 2. The Hall–Kier alpha value is -4.16. The first-order valence-electron chi connectivity index (χ1n) is 9.93. The van der Waals surface area contributed by atoms with Crippen LogP contribution in [-0.2, 0) is 9.59 Å². The second-order valence-corrected chi connectivity index (χ2v) is 6.93. The van der Waals surface area contributed by atoms with Gasteiger partial charge in [-0.15, -0.1) is 6.42 Å². The molecule has 0 aliphatic carbocycles. The van der Waals surface area contributed by atoms with Crippen molar-refractivity contribution in [3.8, 4) is 18.1 Å². The average Bonchev–Trinajstić information content (AvgIpc) is 2.81. The van der Waals surface area contributed by atoms with Crippen molar-refractivity contribution in [3.05, 3.63) is 48.3 Å². The number of fused-ring (bicyclic) bond motifs is 1. The van der Waals surface area contributed by atoms with E-state index in [0.717, 1.165) is 11.3 Å². The molecule has 0 unspecified atom stereocenters. The lowest BCUT2D eigenvalue weighted by atomic mass is 10.1. The Bertz CT molecular complexity index is 1170. The van der Waals surface area contributed by atoms with Crippen LogP contribution in [0.25, 0.3) is 10.9 Å². The SMILES string of the molecule is C#Cc1cccc(Nc2ncnc3cc(OC)c(NC(=O)CCCCC(=O)NO)cc23)c1. The number of hydrogen-bond donors (Lipinski definition) is 4. The van der Waals surface area contributed by atoms with E-state index in [1.165, 1.54) is 13.4 Å². The van der Waals surface area contributed by atoms with Gasteiger partial charge >= 0.3 is 0 Å². The van der Waals surface area contributed by atoms with Crippen LogP contribution in [0.1, 0.15) is 31.2 Å². The van der Waals surface area contributed by atoms with Crippen LogP contribution >= 0.6 is 0 Å². The van der Waals surface area contributed by atoms with Crippen LogP contribution in [0.5, 0.6) is 5.75 Å². The van der Waals surface area contributed by atoms with Crippen molar-refractivity contribution in [3.63, 3.8) is 0 Å². The molecule has 0 saturated heterocycles. The molecule has 0 atom stereocenters. The number of carbonyl (C=O) groups is 2.